The SMILES string of the molecule is C#CC.C1#CCCCCCC1.CC.CC.CC.CC.CC.CC(=O)CCCC(=O)N1Cc2ccccc2C#Cc2ccccc21.CC(=O)ON1C(=O)CCC1=O.CCCCCC(=O)NCCCC(C)(C)C.CCCOCCOCC(C)(C)C.CN1C(=O)C=CC1=O.CNC(=O)CCC(=O)N1Cc2ccccc2C#Cc2ccccc21.COCC1C2CCC#CCCC21.COCCCCC(=O)NCCCC(C)(C)C. The van der Waals surface area contributed by atoms with E-state index in [1.54, 1.807) is 37.8 Å². The molecule has 4 aliphatic heterocycles. The molecule has 4 aromatic carbocycles. The molecular weight excluding hydrogens is 1800 g/mol. The van der Waals surface area contributed by atoms with Crippen molar-refractivity contribution in [2.45, 2.75) is 365 Å². The molecule has 2 unspecified atom stereocenters. The summed E-state index contributed by atoms with van der Waals surface area (Å²) >= 11 is 0. The van der Waals surface area contributed by atoms with Gasteiger partial charge in [-0.25, -0.2) is 4.79 Å². The number of para-hydroxylation sites is 2. The van der Waals surface area contributed by atoms with E-state index in [0.29, 0.717) is 61.1 Å². The quantitative estimate of drug-likeness (QED) is 0.0240. The van der Waals surface area contributed by atoms with Crippen molar-refractivity contribution in [2.75, 3.05) is 90.8 Å². The number of ketones is 1. The van der Waals surface area contributed by atoms with Crippen molar-refractivity contribution in [3.8, 4) is 59.7 Å². The number of amides is 9. The maximum atomic E-state index is 12.8. The number of carbonyl (C=O) groups is 11. The number of ether oxygens (including phenoxy) is 4. The van der Waals surface area contributed by atoms with Crippen molar-refractivity contribution in [2.24, 2.45) is 34.0 Å². The number of terminal acetylenes is 1. The number of carbonyl (C=O) groups excluding carboxylic acids is 11. The lowest BCUT2D eigenvalue weighted by Crippen LogP contribution is -2.32. The van der Waals surface area contributed by atoms with Gasteiger partial charge in [0.2, 0.25) is 29.5 Å². The molecule has 0 aromatic heterocycles. The molecule has 3 aliphatic carbocycles. The molecule has 9 amide bonds. The summed E-state index contributed by atoms with van der Waals surface area (Å²) in [6, 6.07) is 31.1. The Morgan fingerprint density at radius 1 is 0.455 bits per heavy atom. The first-order valence-electron chi connectivity index (χ1n) is 52.7. The molecule has 1 saturated carbocycles. The number of hydrogen-bond acceptors (Lipinski definition) is 16. The van der Waals surface area contributed by atoms with E-state index in [1.807, 2.05) is 173 Å². The summed E-state index contributed by atoms with van der Waals surface area (Å²) in [5.74, 6) is 28.7. The fourth-order valence-electron chi connectivity index (χ4n) is 13.9. The van der Waals surface area contributed by atoms with Crippen molar-refractivity contribution in [1.82, 2.24) is 25.9 Å². The minimum Gasteiger partial charge on any atom is -0.385 e. The summed E-state index contributed by atoms with van der Waals surface area (Å²) in [5, 5.41) is 8.99. The highest BCUT2D eigenvalue weighted by molar-refractivity contribution is 6.12. The number of hydroxylamine groups is 2. The Hall–Kier alpha value is -11.0. The molecule has 0 spiro atoms. The van der Waals surface area contributed by atoms with Crippen LogP contribution < -0.4 is 25.8 Å². The molecule has 0 bridgehead atoms. The fraction of sp³-hybridized carbons (Fsp3) is 0.608. The number of likely N-dealkylation sites (N-methyl/N-ethyl adjacent to an activating group) is 1. The number of hydrogen-bond donors (Lipinski definition) is 3. The first-order chi connectivity index (χ1) is 68.5. The van der Waals surface area contributed by atoms with Crippen LogP contribution in [0.3, 0.4) is 0 Å². The van der Waals surface area contributed by atoms with Crippen LogP contribution in [0, 0.1) is 93.7 Å². The number of methoxy groups -OCH3 is 2. The number of benzene rings is 4. The van der Waals surface area contributed by atoms with Crippen molar-refractivity contribution in [3.05, 3.63) is 143 Å². The number of anilines is 2. The summed E-state index contributed by atoms with van der Waals surface area (Å²) in [6.45, 7) is 55.9. The van der Waals surface area contributed by atoms with Gasteiger partial charge in [-0.05, 0) is 179 Å². The third-order valence-corrected chi connectivity index (χ3v) is 21.2. The van der Waals surface area contributed by atoms with Gasteiger partial charge in [0, 0.05) is 180 Å². The lowest BCUT2D eigenvalue weighted by molar-refractivity contribution is -0.195. The number of fused-ring (bicyclic) bond motifs is 5. The minimum atomic E-state index is -0.659. The Morgan fingerprint density at radius 3 is 1.24 bits per heavy atom. The average molecular weight is 1980 g/mol. The van der Waals surface area contributed by atoms with Crippen LogP contribution in [0.15, 0.2) is 109 Å². The van der Waals surface area contributed by atoms with Gasteiger partial charge in [0.05, 0.1) is 44.3 Å². The highest BCUT2D eigenvalue weighted by Gasteiger charge is 2.48. The van der Waals surface area contributed by atoms with Crippen LogP contribution in [-0.2, 0) is 89.6 Å². The van der Waals surface area contributed by atoms with Gasteiger partial charge >= 0.3 is 5.97 Å². The maximum Gasteiger partial charge on any atom is 0.330 e. The number of Topliss-reactive ketones (excluding diaryl/α,β-unsaturated/α-hetero) is 1. The highest BCUT2D eigenvalue weighted by Crippen LogP contribution is 2.52. The number of nitrogens with one attached hydrogen (secondary N) is 3. The number of imide groups is 2. The van der Waals surface area contributed by atoms with Crippen LogP contribution in [0.1, 0.15) is 386 Å². The molecule has 0 radical (unpaired) electrons. The Bertz CT molecular complexity index is 4510. The zero-order valence-electron chi connectivity index (χ0n) is 93.6. The van der Waals surface area contributed by atoms with Crippen molar-refractivity contribution in [1.29, 1.82) is 0 Å². The molecule has 798 valence electrons. The van der Waals surface area contributed by atoms with Gasteiger partial charge in [-0.15, -0.1) is 41.1 Å². The summed E-state index contributed by atoms with van der Waals surface area (Å²) in [7, 11) is 6.52. The standard InChI is InChI=1S/C21H19NO2.C20H18N2O2.C13H27NO2.C13H27NO.C11H16O.C10H22O2.C8H12.C6H7NO4.C5H5NO2.C3H4.5C2H6/c1-16(23)7-6-12-21(24)22-15-19-10-3-2-8-17(19)13-14-18-9-4-5-11-20(18)22;1-21-19(23)12-13-20(24)22-14-17-8-3-2-6-15(17)10-11-16-7-4-5-9-18(16)22;1-13(2,3)9-7-10-14-12(15)8-5-6-11-16-4;1-5-6-7-9-12(15)14-11-8-10-13(2,3)4;1-12-8-11-9-6-4-2-3-5-7-10(9)11;1-5-6-11-7-8-12-9-10(2,3)4;1-2-4-6-8-7-5-3-1;1-4(8)11-7-5(9)2-3-6(7)10;1-6-4(7)2-3-5(6)8;1-3-2;5*1-2/h2-5,8-11H,6-7,12,15H2,1H3;2-9H,12-14H2,1H3,(H,21,23);5-11H2,1-4H3,(H,14,15);5-11H2,1-4H3,(H,14,15);9-11H,4-8H2,1H3;5-9H2,1-4H3;1-6H2;2-3H2,1H3;2-3H,1H3;1H,2H3;5*1-2H3. The van der Waals surface area contributed by atoms with Crippen LogP contribution in [0.5, 0.6) is 0 Å². The number of unbranched alkanes of at least 4 members (excludes halogenated alkanes) is 3. The first-order valence-corrected chi connectivity index (χ1v) is 52.7. The monoisotopic (exact) mass is 1980 g/mol. The molecular formula is C120H187N7O16. The van der Waals surface area contributed by atoms with E-state index in [9.17, 15) is 52.7 Å². The van der Waals surface area contributed by atoms with Crippen molar-refractivity contribution >= 4 is 76.3 Å². The van der Waals surface area contributed by atoms with Crippen molar-refractivity contribution < 1.29 is 76.5 Å². The Labute approximate surface area is 866 Å². The van der Waals surface area contributed by atoms with Crippen LogP contribution in [0.2, 0.25) is 0 Å². The second kappa shape index (κ2) is 87.6. The predicted molar refractivity (Wildman–Crippen MR) is 588 cm³/mol. The molecule has 3 N–H and O–H groups in total. The Balaban J connectivity index is -0.000000764. The Kier molecular flexibility index (Phi) is 84.7. The summed E-state index contributed by atoms with van der Waals surface area (Å²) in [4.78, 5) is 132. The fourth-order valence-corrected chi connectivity index (χ4v) is 13.9. The summed E-state index contributed by atoms with van der Waals surface area (Å²) in [5.41, 5.74) is 8.25. The van der Waals surface area contributed by atoms with Gasteiger partial charge in [0.15, 0.2) is 0 Å². The van der Waals surface area contributed by atoms with E-state index < -0.39 is 17.8 Å². The molecule has 23 heteroatoms. The second-order valence-corrected chi connectivity index (χ2v) is 36.9. The van der Waals surface area contributed by atoms with Crippen LogP contribution in [0.4, 0.5) is 11.4 Å². The average Bonchev–Trinajstić information content (AvgIpc) is 1.65. The molecule has 2 fully saturated rings. The van der Waals surface area contributed by atoms with Gasteiger partial charge in [0.1, 0.15) is 5.78 Å². The number of nitrogens with zero attached hydrogens (tertiary/aromatic N) is 4. The third kappa shape index (κ3) is 70.4. The molecule has 11 rings (SSSR count). The van der Waals surface area contributed by atoms with Crippen LogP contribution >= 0.6 is 0 Å². The van der Waals surface area contributed by atoms with Gasteiger partial charge in [0.25, 0.3) is 23.6 Å². The minimum absolute atomic E-state index is 0.0298. The van der Waals surface area contributed by atoms with Gasteiger partial charge in [-0.1, -0.05) is 255 Å². The van der Waals surface area contributed by atoms with E-state index >= 15 is 0 Å². The molecule has 2 atom stereocenters. The van der Waals surface area contributed by atoms with Crippen molar-refractivity contribution in [3.63, 3.8) is 0 Å². The molecule has 4 heterocycles. The topological polar surface area (TPSA) is 283 Å². The van der Waals surface area contributed by atoms with E-state index in [1.165, 1.54) is 70.6 Å². The molecule has 143 heavy (non-hydrogen) atoms. The first kappa shape index (κ1) is 138. The molecule has 23 nitrogen and oxygen atoms in total. The second-order valence-electron chi connectivity index (χ2n) is 36.9. The maximum absolute atomic E-state index is 12.8. The zero-order chi connectivity index (χ0) is 109. The van der Waals surface area contributed by atoms with Gasteiger partial charge in [-0.3, -0.25) is 48.1 Å². The van der Waals surface area contributed by atoms with Gasteiger partial charge in [-0.2, -0.15) is 0 Å². The van der Waals surface area contributed by atoms with Crippen LogP contribution in [-0.4, -0.2) is 156 Å². The largest absolute Gasteiger partial charge is 0.385 e. The predicted octanol–water partition coefficient (Wildman–Crippen LogP) is 24.2. The normalized spacial score (nSPS) is 14.5. The lowest BCUT2D eigenvalue weighted by Gasteiger charge is -2.26. The van der Waals surface area contributed by atoms with E-state index in [-0.39, 0.29) is 78.2 Å². The van der Waals surface area contributed by atoms with E-state index in [2.05, 4.69) is 157 Å². The summed E-state index contributed by atoms with van der Waals surface area (Å²) in [6.07, 6.45) is 33.8. The lowest BCUT2D eigenvalue weighted by atomic mass is 9.91. The van der Waals surface area contributed by atoms with E-state index in [4.69, 9.17) is 18.9 Å². The number of rotatable bonds is 31. The molecule has 7 aliphatic rings. The smallest absolute Gasteiger partial charge is 0.330 e. The van der Waals surface area contributed by atoms with Gasteiger partial charge < -0.3 is 54.3 Å². The zero-order valence-corrected chi connectivity index (χ0v) is 93.6. The highest BCUT2D eigenvalue weighted by atomic mass is 16.7. The molecule has 4 aromatic rings. The third-order valence-electron chi connectivity index (χ3n) is 21.2. The Morgan fingerprint density at radius 2 is 0.860 bits per heavy atom. The van der Waals surface area contributed by atoms with E-state index in [0.717, 1.165) is 204 Å². The molecule has 1 saturated heterocycles. The summed E-state index contributed by atoms with van der Waals surface area (Å²) < 4.78 is 20.8. The van der Waals surface area contributed by atoms with Crippen LogP contribution in [0.25, 0.3) is 0 Å².